The molecule has 3 aromatic heterocycles. The number of nitriles is 1. The molecule has 1 N–H and O–H groups in total. The summed E-state index contributed by atoms with van der Waals surface area (Å²) in [5.41, 5.74) is 0.811. The minimum atomic E-state index is -2.76. The molecule has 4 aromatic rings. The van der Waals surface area contributed by atoms with Gasteiger partial charge in [0.05, 0.1) is 34.8 Å². The maximum Gasteiger partial charge on any atom is 0.291 e. The van der Waals surface area contributed by atoms with Crippen LogP contribution in [0, 0.1) is 11.3 Å². The van der Waals surface area contributed by atoms with E-state index in [0.717, 1.165) is 17.0 Å². The topological polar surface area (TPSA) is 139 Å². The molecule has 1 saturated carbocycles. The van der Waals surface area contributed by atoms with Crippen molar-refractivity contribution in [2.75, 3.05) is 31.1 Å². The lowest BCUT2D eigenvalue weighted by molar-refractivity contribution is 0.0741. The molecule has 1 saturated heterocycles. The van der Waals surface area contributed by atoms with Crippen LogP contribution in [0.15, 0.2) is 47.6 Å². The average molecular weight is 570 g/mol. The summed E-state index contributed by atoms with van der Waals surface area (Å²) in [4.78, 5) is 21.2. The third kappa shape index (κ3) is 4.91. The summed E-state index contributed by atoms with van der Waals surface area (Å²) in [5, 5.41) is 21.7. The Morgan fingerprint density at radius 1 is 1.21 bits per heavy atom. The van der Waals surface area contributed by atoms with E-state index in [1.807, 2.05) is 0 Å². The van der Waals surface area contributed by atoms with Crippen LogP contribution in [0.4, 0.5) is 14.5 Å². The first-order valence-electron chi connectivity index (χ1n) is 12.1. The highest BCUT2D eigenvalue weighted by Gasteiger charge is 2.48. The van der Waals surface area contributed by atoms with Crippen molar-refractivity contribution in [3.8, 4) is 11.2 Å². The fourth-order valence-corrected chi connectivity index (χ4v) is 6.24. The molecule has 1 aliphatic carbocycles. The van der Waals surface area contributed by atoms with Gasteiger partial charge in [-0.2, -0.15) is 10.4 Å². The van der Waals surface area contributed by atoms with E-state index in [1.165, 1.54) is 4.68 Å². The van der Waals surface area contributed by atoms with Gasteiger partial charge in [0.2, 0.25) is 5.13 Å². The first kappa shape index (κ1) is 25.6. The Labute approximate surface area is 228 Å². The van der Waals surface area contributed by atoms with E-state index < -0.39 is 28.3 Å². The number of nitrogens with zero attached hydrogens (tertiary/aromatic N) is 8. The zero-order valence-electron chi connectivity index (χ0n) is 20.3. The molecule has 2 aliphatic rings. The largest absolute Gasteiger partial charge is 0.593 e. The summed E-state index contributed by atoms with van der Waals surface area (Å²) < 4.78 is 44.0. The molecular formula is C24H21F2N9O2S2. The third-order valence-corrected chi connectivity index (χ3v) is 8.84. The molecule has 1 amide bonds. The summed E-state index contributed by atoms with van der Waals surface area (Å²) in [6.45, 7) is 1.89. The summed E-state index contributed by atoms with van der Waals surface area (Å²) in [6, 6.07) is 10.8. The van der Waals surface area contributed by atoms with Gasteiger partial charge < -0.3 is 14.4 Å². The predicted octanol–water partition coefficient (Wildman–Crippen LogP) is 2.84. The Morgan fingerprint density at radius 2 is 2.00 bits per heavy atom. The highest BCUT2D eigenvalue weighted by Crippen LogP contribution is 2.38. The van der Waals surface area contributed by atoms with Gasteiger partial charge >= 0.3 is 0 Å². The van der Waals surface area contributed by atoms with Crippen LogP contribution in [0.25, 0.3) is 16.0 Å². The van der Waals surface area contributed by atoms with Gasteiger partial charge in [-0.15, -0.1) is 14.9 Å². The zero-order chi connectivity index (χ0) is 27.1. The van der Waals surface area contributed by atoms with Crippen LogP contribution >= 0.6 is 11.3 Å². The molecule has 15 heteroatoms. The van der Waals surface area contributed by atoms with Crippen LogP contribution in [0.1, 0.15) is 34.8 Å². The van der Waals surface area contributed by atoms with Crippen LogP contribution in [-0.2, 0) is 11.4 Å². The minimum absolute atomic E-state index is 0.149. The van der Waals surface area contributed by atoms with Gasteiger partial charge in [0.25, 0.3) is 12.3 Å². The summed E-state index contributed by atoms with van der Waals surface area (Å²) >= 11 is -0.993. The SMILES string of the molecule is N#CC1(N[S+]([O-])c2cc(N3CCN(C(=O)c4ccccn4)CC3)c3cnn(-c4nnc(C(F)F)s4)c3c2)CC1. The number of alkyl halides is 2. The molecule has 200 valence electrons. The van der Waals surface area contributed by atoms with E-state index >= 15 is 0 Å². The number of amides is 1. The third-order valence-electron chi connectivity index (χ3n) is 6.70. The molecular weight excluding hydrogens is 548 g/mol. The minimum Gasteiger partial charge on any atom is -0.593 e. The lowest BCUT2D eigenvalue weighted by atomic mass is 10.1. The Morgan fingerprint density at radius 3 is 2.64 bits per heavy atom. The Bertz CT molecular complexity index is 1560. The van der Waals surface area contributed by atoms with Crippen molar-refractivity contribution in [2.45, 2.75) is 29.7 Å². The number of carbonyl (C=O) groups excluding carboxylic acids is 1. The van der Waals surface area contributed by atoms with E-state index in [-0.39, 0.29) is 11.0 Å². The second-order valence-electron chi connectivity index (χ2n) is 9.21. The maximum absolute atomic E-state index is 13.3. The molecule has 0 bridgehead atoms. The quantitative estimate of drug-likeness (QED) is 0.333. The number of hydrogen-bond donors (Lipinski definition) is 1. The van der Waals surface area contributed by atoms with E-state index in [1.54, 1.807) is 47.6 Å². The van der Waals surface area contributed by atoms with Crippen molar-refractivity contribution in [3.63, 3.8) is 0 Å². The molecule has 1 atom stereocenters. The summed E-state index contributed by atoms with van der Waals surface area (Å²) in [7, 11) is 0. The smallest absolute Gasteiger partial charge is 0.291 e. The molecule has 0 radical (unpaired) electrons. The van der Waals surface area contributed by atoms with E-state index in [0.29, 0.717) is 60.5 Å². The van der Waals surface area contributed by atoms with E-state index in [4.69, 9.17) is 0 Å². The second kappa shape index (κ2) is 10.1. The number of halogens is 2. The van der Waals surface area contributed by atoms with Gasteiger partial charge in [-0.1, -0.05) is 17.4 Å². The van der Waals surface area contributed by atoms with Crippen LogP contribution in [-0.4, -0.2) is 72.0 Å². The van der Waals surface area contributed by atoms with E-state index in [2.05, 4.69) is 36.0 Å². The molecule has 11 nitrogen and oxygen atoms in total. The van der Waals surface area contributed by atoms with Crippen molar-refractivity contribution in [2.24, 2.45) is 0 Å². The van der Waals surface area contributed by atoms with Gasteiger partial charge in [0, 0.05) is 49.9 Å². The second-order valence-corrected chi connectivity index (χ2v) is 11.4. The number of rotatable bonds is 7. The number of hydrogen-bond acceptors (Lipinski definition) is 10. The number of aromatic nitrogens is 5. The fraction of sp³-hybridized carbons (Fsp3) is 0.333. The number of pyridine rings is 1. The molecule has 0 spiro atoms. The highest BCUT2D eigenvalue weighted by atomic mass is 32.2. The van der Waals surface area contributed by atoms with Gasteiger partial charge in [-0.25, -0.2) is 13.5 Å². The van der Waals surface area contributed by atoms with Gasteiger partial charge in [-0.05, 0) is 25.0 Å². The number of carbonyl (C=O) groups is 1. The average Bonchev–Trinajstić information content (AvgIpc) is 3.34. The van der Waals surface area contributed by atoms with Gasteiger partial charge in [0.1, 0.15) is 11.2 Å². The van der Waals surface area contributed by atoms with Crippen molar-refractivity contribution in [1.29, 1.82) is 5.26 Å². The lowest BCUT2D eigenvalue weighted by Gasteiger charge is -2.36. The monoisotopic (exact) mass is 569 g/mol. The predicted molar refractivity (Wildman–Crippen MR) is 139 cm³/mol. The standard InChI is InChI=1S/C24H21F2N9O2S2/c25-20(26)21-30-31-23(38-21)35-19-12-15(39(37)32-24(14-27)4-5-24)11-18(16(19)13-29-35)33-7-9-34(10-8-33)22(36)17-3-1-2-6-28-17/h1-3,6,11-13,20,32H,4-5,7-10H2. The fourth-order valence-electron chi connectivity index (χ4n) is 4.40. The first-order chi connectivity index (χ1) is 18.9. The Hall–Kier alpha value is -3.71. The zero-order valence-corrected chi connectivity index (χ0v) is 22.0. The molecule has 1 aromatic carbocycles. The molecule has 1 unspecified atom stereocenters. The van der Waals surface area contributed by atoms with Crippen molar-refractivity contribution >= 4 is 45.2 Å². The van der Waals surface area contributed by atoms with Crippen molar-refractivity contribution in [3.05, 3.63) is 53.4 Å². The van der Waals surface area contributed by atoms with Crippen LogP contribution in [0.5, 0.6) is 0 Å². The highest BCUT2D eigenvalue weighted by molar-refractivity contribution is 7.89. The van der Waals surface area contributed by atoms with E-state index in [9.17, 15) is 23.4 Å². The van der Waals surface area contributed by atoms with Crippen LogP contribution < -0.4 is 9.62 Å². The summed E-state index contributed by atoms with van der Waals surface area (Å²) in [5.74, 6) is -0.149. The van der Waals surface area contributed by atoms with Crippen molar-refractivity contribution < 1.29 is 18.1 Å². The van der Waals surface area contributed by atoms with Gasteiger partial charge in [0.15, 0.2) is 9.90 Å². The number of anilines is 1. The van der Waals surface area contributed by atoms with Crippen LogP contribution in [0.2, 0.25) is 0 Å². The molecule has 39 heavy (non-hydrogen) atoms. The number of benzene rings is 1. The van der Waals surface area contributed by atoms with Gasteiger partial charge in [-0.3, -0.25) is 9.78 Å². The Kier molecular flexibility index (Phi) is 6.63. The number of fused-ring (bicyclic) bond motifs is 1. The molecule has 6 rings (SSSR count). The van der Waals surface area contributed by atoms with Crippen molar-refractivity contribution in [1.82, 2.24) is 34.6 Å². The summed E-state index contributed by atoms with van der Waals surface area (Å²) in [6.07, 6.45) is 1.65. The molecule has 1 aliphatic heterocycles. The number of piperazine rings is 1. The van der Waals surface area contributed by atoms with Crippen LogP contribution in [0.3, 0.4) is 0 Å². The lowest BCUT2D eigenvalue weighted by Crippen LogP contribution is -2.49. The number of nitrogens with one attached hydrogen (secondary N) is 1. The Balaban J connectivity index is 1.33. The first-order valence-corrected chi connectivity index (χ1v) is 14.0. The molecule has 2 fully saturated rings. The molecule has 4 heterocycles. The maximum atomic E-state index is 13.3. The normalized spacial score (nSPS) is 17.4.